The second kappa shape index (κ2) is 66.6. The zero-order valence-corrected chi connectivity index (χ0v) is 24.5. The van der Waals surface area contributed by atoms with Crippen LogP contribution in [-0.2, 0) is 0 Å². The summed E-state index contributed by atoms with van der Waals surface area (Å²) in [5.41, 5.74) is 1.95. The molecule has 0 heterocycles. The molecule has 0 bridgehead atoms. The molecule has 0 rings (SSSR count). The lowest BCUT2D eigenvalue weighted by atomic mass is 9.83. The van der Waals surface area contributed by atoms with Crippen LogP contribution in [0.5, 0.6) is 0 Å². The molecule has 1 unspecified atom stereocenters. The lowest BCUT2D eigenvalue weighted by Gasteiger charge is -2.22. The third-order valence-electron chi connectivity index (χ3n) is 6.25. The largest absolute Gasteiger partial charge is 0.103 e. The fourth-order valence-corrected chi connectivity index (χ4v) is 3.47. The minimum Gasteiger partial charge on any atom is -0.103 e. The summed E-state index contributed by atoms with van der Waals surface area (Å²) < 4.78 is 0. The molecule has 0 aromatic carbocycles. The summed E-state index contributed by atoms with van der Waals surface area (Å²) in [5, 5.41) is 0. The maximum Gasteiger partial charge on any atom is -0.0152 e. The topological polar surface area (TPSA) is 0 Å². The summed E-state index contributed by atoms with van der Waals surface area (Å²) in [6.07, 6.45) is 20.0. The number of hydrogen-bond donors (Lipinski definition) is 0. The van der Waals surface area contributed by atoms with Crippen LogP contribution in [0.2, 0.25) is 0 Å². The van der Waals surface area contributed by atoms with E-state index in [4.69, 9.17) is 0 Å². The van der Waals surface area contributed by atoms with Crippen molar-refractivity contribution in [3.8, 4) is 0 Å². The molecule has 0 radical (unpaired) electrons. The minimum atomic E-state index is 0. The quantitative estimate of drug-likeness (QED) is 0.189. The van der Waals surface area contributed by atoms with Gasteiger partial charge in [0.05, 0.1) is 0 Å². The summed E-state index contributed by atoms with van der Waals surface area (Å²) in [4.78, 5) is 0. The molecule has 0 aliphatic carbocycles. The van der Waals surface area contributed by atoms with E-state index in [0.29, 0.717) is 5.41 Å². The molecule has 0 aromatic heterocycles. The highest BCUT2D eigenvalue weighted by Gasteiger charge is 2.14. The van der Waals surface area contributed by atoms with E-state index in [1.807, 2.05) is 0 Å². The first-order valence-electron chi connectivity index (χ1n) is 13.9. The van der Waals surface area contributed by atoms with Crippen LogP contribution in [0.25, 0.3) is 0 Å². The molecular formula is C40H102. The summed E-state index contributed by atoms with van der Waals surface area (Å²) in [7, 11) is 0. The molecule has 1 atom stereocenters. The van der Waals surface area contributed by atoms with E-state index in [1.165, 1.54) is 77.0 Å². The highest BCUT2D eigenvalue weighted by molar-refractivity contribution is 4.96. The number of hydrogen-bond acceptors (Lipinski definition) is 0. The maximum absolute atomic E-state index is 3.82. The zero-order chi connectivity index (χ0) is 25.1. The van der Waals surface area contributed by atoms with Gasteiger partial charge in [0.1, 0.15) is 0 Å². The Morgan fingerprint density at radius 2 is 1.05 bits per heavy atom. The summed E-state index contributed by atoms with van der Waals surface area (Å²) in [5.74, 6) is 1.83. The van der Waals surface area contributed by atoms with Gasteiger partial charge in [-0.3, -0.25) is 0 Å². The Morgan fingerprint density at radius 3 is 1.18 bits per heavy atom. The maximum atomic E-state index is 3.82. The van der Waals surface area contributed by atoms with Gasteiger partial charge in [0, 0.05) is 0 Å². The van der Waals surface area contributed by atoms with Crippen LogP contribution in [0.1, 0.15) is 227 Å². The van der Waals surface area contributed by atoms with Crippen molar-refractivity contribution < 1.29 is 0 Å². The van der Waals surface area contributed by atoms with Crippen LogP contribution >= 0.6 is 0 Å². The van der Waals surface area contributed by atoms with Crippen molar-refractivity contribution in [2.75, 3.05) is 0 Å². The van der Waals surface area contributed by atoms with E-state index in [9.17, 15) is 0 Å². The fraction of sp³-hybridized carbons (Fsp3) is 0.900. The molecule has 0 N–H and O–H groups in total. The zero-order valence-electron chi connectivity index (χ0n) is 24.5. The molecule has 0 saturated carbocycles. The first-order valence-corrected chi connectivity index (χ1v) is 13.9. The van der Waals surface area contributed by atoms with Gasteiger partial charge in [0.15, 0.2) is 0 Å². The molecule has 0 nitrogen and oxygen atoms in total. The Kier molecular flexibility index (Phi) is 139. The van der Waals surface area contributed by atoms with Crippen molar-refractivity contribution in [1.29, 1.82) is 0 Å². The van der Waals surface area contributed by atoms with E-state index in [0.717, 1.165) is 11.8 Å². The molecule has 0 aromatic rings. The molecular weight excluding hydrogens is 480 g/mol. The second-order valence-corrected chi connectivity index (χ2v) is 9.73. The molecule has 0 saturated heterocycles. The summed E-state index contributed by atoms with van der Waals surface area (Å²) >= 11 is 0. The van der Waals surface area contributed by atoms with Gasteiger partial charge in [-0.1, -0.05) is 212 Å². The molecule has 0 heteroatoms. The Balaban J connectivity index is -0.0000000208. The summed E-state index contributed by atoms with van der Waals surface area (Å²) in [6.45, 7) is 30.8. The molecule has 262 valence electrons. The third-order valence-corrected chi connectivity index (χ3v) is 6.25. The van der Waals surface area contributed by atoms with Crippen molar-refractivity contribution in [2.45, 2.75) is 227 Å². The molecule has 0 aliphatic heterocycles. The van der Waals surface area contributed by atoms with Crippen molar-refractivity contribution in [3.63, 3.8) is 0 Å². The van der Waals surface area contributed by atoms with Crippen molar-refractivity contribution in [2.24, 2.45) is 17.3 Å². The smallest absolute Gasteiger partial charge is 0.0152 e. The van der Waals surface area contributed by atoms with Crippen LogP contribution in [-0.4, -0.2) is 0 Å². The minimum absolute atomic E-state index is 0. The van der Waals surface area contributed by atoms with Gasteiger partial charge in [-0.05, 0) is 49.9 Å². The second-order valence-electron chi connectivity index (χ2n) is 9.73. The Hall–Kier alpha value is -0.520. The Labute approximate surface area is 268 Å². The lowest BCUT2D eigenvalue weighted by Crippen LogP contribution is -2.09. The molecule has 40 heavy (non-hydrogen) atoms. The first kappa shape index (κ1) is 83.4. The highest BCUT2D eigenvalue weighted by Crippen LogP contribution is 2.27. The van der Waals surface area contributed by atoms with Gasteiger partial charge in [-0.2, -0.15) is 0 Å². The standard InChI is InChI=1S/2C9H18.C8H18.C5H12.9CH4/c1-5-8-9(4,6-2)7-3;1-4-6-8-9(3)7-5-2;1-5-8(6-2)7(3)4;1-3-5-4-2;;;;;;;;;/h6H,2,5,7-8H2,1,3-4H3;8H,4-7H2,1-3H3;7-8H,5-6H2,1-4H3;3-5H2,1-2H3;9*1H4. The van der Waals surface area contributed by atoms with E-state index < -0.39 is 0 Å². The Morgan fingerprint density at radius 1 is 0.650 bits per heavy atom. The van der Waals surface area contributed by atoms with E-state index in [-0.39, 0.29) is 66.8 Å². The summed E-state index contributed by atoms with van der Waals surface area (Å²) in [6, 6.07) is 0. The van der Waals surface area contributed by atoms with Crippen LogP contribution in [0.4, 0.5) is 0 Å². The number of unbranched alkanes of at least 4 members (excludes halogenated alkanes) is 3. The average molecular weight is 583 g/mol. The molecule has 0 spiro atoms. The van der Waals surface area contributed by atoms with Crippen LogP contribution in [0, 0.1) is 17.3 Å². The number of allylic oxidation sites excluding steroid dienone is 3. The van der Waals surface area contributed by atoms with E-state index >= 15 is 0 Å². The van der Waals surface area contributed by atoms with Crippen molar-refractivity contribution in [1.82, 2.24) is 0 Å². The Bertz CT molecular complexity index is 343. The van der Waals surface area contributed by atoms with Gasteiger partial charge >= 0.3 is 0 Å². The predicted molar refractivity (Wildman–Crippen MR) is 212 cm³/mol. The molecule has 0 amide bonds. The van der Waals surface area contributed by atoms with Crippen molar-refractivity contribution in [3.05, 3.63) is 24.3 Å². The van der Waals surface area contributed by atoms with Gasteiger partial charge < -0.3 is 0 Å². The SMILES string of the molecule is C.C.C.C.C.C.C.C.C.C=CC(C)(CC)CCC.CCC(CC)C(C)C.CCCC=C(C)CCC.CCCCC. The molecule has 0 aliphatic rings. The van der Waals surface area contributed by atoms with Crippen LogP contribution in [0.15, 0.2) is 24.3 Å². The lowest BCUT2D eigenvalue weighted by molar-refractivity contribution is 0.362. The van der Waals surface area contributed by atoms with E-state index in [1.54, 1.807) is 5.57 Å². The average Bonchev–Trinajstić information content (AvgIpc) is 2.75. The number of rotatable bonds is 13. The van der Waals surface area contributed by atoms with E-state index in [2.05, 4.69) is 102 Å². The third kappa shape index (κ3) is 71.1. The van der Waals surface area contributed by atoms with Gasteiger partial charge in [0.25, 0.3) is 0 Å². The normalized spacial score (nSPS) is 9.80. The fourth-order valence-electron chi connectivity index (χ4n) is 3.47. The van der Waals surface area contributed by atoms with Crippen molar-refractivity contribution >= 4 is 0 Å². The van der Waals surface area contributed by atoms with Gasteiger partial charge in [0.2, 0.25) is 0 Å². The van der Waals surface area contributed by atoms with Gasteiger partial charge in [-0.25, -0.2) is 0 Å². The van der Waals surface area contributed by atoms with Crippen LogP contribution in [0.3, 0.4) is 0 Å². The predicted octanol–water partition coefficient (Wildman–Crippen LogP) is 17.9. The highest BCUT2D eigenvalue weighted by atomic mass is 14.2. The molecule has 0 fully saturated rings. The van der Waals surface area contributed by atoms with Gasteiger partial charge in [-0.15, -0.1) is 6.58 Å². The van der Waals surface area contributed by atoms with Crippen LogP contribution < -0.4 is 0 Å². The first-order chi connectivity index (χ1) is 14.6. The monoisotopic (exact) mass is 583 g/mol.